The van der Waals surface area contributed by atoms with Gasteiger partial charge >= 0.3 is 0 Å². The van der Waals surface area contributed by atoms with Gasteiger partial charge in [0.1, 0.15) is 5.69 Å². The molecular weight excluding hydrogens is 380 g/mol. The first-order valence-corrected chi connectivity index (χ1v) is 10.0. The molecule has 156 valence electrons. The average molecular weight is 406 g/mol. The van der Waals surface area contributed by atoms with Crippen molar-refractivity contribution in [3.63, 3.8) is 0 Å². The van der Waals surface area contributed by atoms with Gasteiger partial charge in [-0.25, -0.2) is 4.98 Å². The Hall–Kier alpha value is -3.26. The van der Waals surface area contributed by atoms with E-state index in [1.807, 2.05) is 44.6 Å². The van der Waals surface area contributed by atoms with E-state index in [2.05, 4.69) is 39.1 Å². The van der Waals surface area contributed by atoms with E-state index in [1.54, 1.807) is 16.9 Å². The lowest BCUT2D eigenvalue weighted by molar-refractivity contribution is -0.00523. The lowest BCUT2D eigenvalue weighted by Gasteiger charge is -2.36. The first-order chi connectivity index (χ1) is 14.4. The number of ether oxygens (including phenoxy) is 1. The summed E-state index contributed by atoms with van der Waals surface area (Å²) >= 11 is 0. The van der Waals surface area contributed by atoms with Crippen LogP contribution in [0, 0.1) is 6.92 Å². The monoisotopic (exact) mass is 406 g/mol. The Balaban J connectivity index is 1.55. The molecule has 4 rings (SSSR count). The van der Waals surface area contributed by atoms with Gasteiger partial charge in [-0.2, -0.15) is 5.10 Å². The summed E-state index contributed by atoms with van der Waals surface area (Å²) in [6, 6.07) is 7.35. The molecule has 1 aliphatic rings. The molecule has 8 nitrogen and oxygen atoms in total. The number of hydrogen-bond donors (Lipinski definition) is 1. The van der Waals surface area contributed by atoms with E-state index in [9.17, 15) is 4.79 Å². The molecule has 1 fully saturated rings. The molecule has 3 aromatic heterocycles. The number of pyridine rings is 2. The summed E-state index contributed by atoms with van der Waals surface area (Å²) in [5.74, 6) is -0.272. The highest BCUT2D eigenvalue weighted by Gasteiger charge is 2.23. The summed E-state index contributed by atoms with van der Waals surface area (Å²) in [5, 5.41) is 7.14. The Morgan fingerprint density at radius 3 is 2.67 bits per heavy atom. The van der Waals surface area contributed by atoms with Crippen molar-refractivity contribution in [3.05, 3.63) is 54.2 Å². The van der Waals surface area contributed by atoms with Crippen molar-refractivity contribution in [2.75, 3.05) is 23.3 Å². The van der Waals surface area contributed by atoms with E-state index in [-0.39, 0.29) is 18.1 Å². The molecule has 0 bridgehead atoms. The first-order valence-electron chi connectivity index (χ1n) is 10.0. The topological polar surface area (TPSA) is 85.2 Å². The number of rotatable bonds is 4. The zero-order valence-electron chi connectivity index (χ0n) is 17.7. The molecule has 3 aromatic rings. The van der Waals surface area contributed by atoms with Gasteiger partial charge in [-0.3, -0.25) is 14.5 Å². The number of anilines is 2. The molecule has 1 amide bonds. The molecule has 0 spiro atoms. The summed E-state index contributed by atoms with van der Waals surface area (Å²) in [6.45, 7) is 7.58. The summed E-state index contributed by atoms with van der Waals surface area (Å²) in [6.07, 6.45) is 5.73. The minimum absolute atomic E-state index is 0.146. The predicted octanol–water partition coefficient (Wildman–Crippen LogP) is 3.05. The van der Waals surface area contributed by atoms with Gasteiger partial charge in [-0.15, -0.1) is 0 Å². The van der Waals surface area contributed by atoms with E-state index < -0.39 is 0 Å². The van der Waals surface area contributed by atoms with Crippen LogP contribution in [0.4, 0.5) is 11.4 Å². The van der Waals surface area contributed by atoms with Gasteiger partial charge in [0.15, 0.2) is 0 Å². The fourth-order valence-corrected chi connectivity index (χ4v) is 3.67. The lowest BCUT2D eigenvalue weighted by atomic mass is 10.2. The van der Waals surface area contributed by atoms with E-state index in [0.717, 1.165) is 30.0 Å². The molecule has 0 aromatic carbocycles. The standard InChI is InChI=1S/C22H26N6O2/c1-14-11-28(12-15(2)30-14)18-8-21(16(3)23-10-18)26-22(29)20-7-5-6-19(25-20)17-9-24-27(4)13-17/h5-10,13-15H,11-12H2,1-4H3,(H,26,29)/t14-,15+. The minimum Gasteiger partial charge on any atom is -0.372 e. The van der Waals surface area contributed by atoms with Crippen LogP contribution in [0.25, 0.3) is 11.3 Å². The highest BCUT2D eigenvalue weighted by molar-refractivity contribution is 6.03. The third kappa shape index (κ3) is 4.33. The van der Waals surface area contributed by atoms with Gasteiger partial charge in [0.25, 0.3) is 5.91 Å². The smallest absolute Gasteiger partial charge is 0.274 e. The van der Waals surface area contributed by atoms with Crippen LogP contribution in [0.5, 0.6) is 0 Å². The Labute approximate surface area is 175 Å². The van der Waals surface area contributed by atoms with Crippen LogP contribution in [0.3, 0.4) is 0 Å². The van der Waals surface area contributed by atoms with Gasteiger partial charge in [0, 0.05) is 31.9 Å². The maximum atomic E-state index is 12.9. The highest BCUT2D eigenvalue weighted by atomic mass is 16.5. The van der Waals surface area contributed by atoms with Gasteiger partial charge < -0.3 is 15.0 Å². The van der Waals surface area contributed by atoms with Crippen LogP contribution in [-0.4, -0.2) is 51.0 Å². The molecule has 30 heavy (non-hydrogen) atoms. The molecule has 8 heteroatoms. The van der Waals surface area contributed by atoms with Crippen molar-refractivity contribution < 1.29 is 9.53 Å². The second-order valence-electron chi connectivity index (χ2n) is 7.75. The Morgan fingerprint density at radius 2 is 1.97 bits per heavy atom. The number of nitrogens with zero attached hydrogens (tertiary/aromatic N) is 5. The van der Waals surface area contributed by atoms with Gasteiger partial charge in [0.2, 0.25) is 0 Å². The SMILES string of the molecule is Cc1ncc(N2C[C@@H](C)O[C@@H](C)C2)cc1NC(=O)c1cccc(-c2cnn(C)c2)n1. The predicted molar refractivity (Wildman–Crippen MR) is 116 cm³/mol. The molecule has 0 aliphatic carbocycles. The van der Waals surface area contributed by atoms with Crippen LogP contribution >= 0.6 is 0 Å². The van der Waals surface area contributed by atoms with E-state index in [4.69, 9.17) is 4.74 Å². The van der Waals surface area contributed by atoms with E-state index in [1.165, 1.54) is 0 Å². The van der Waals surface area contributed by atoms with Crippen molar-refractivity contribution >= 4 is 17.3 Å². The van der Waals surface area contributed by atoms with Crippen molar-refractivity contribution in [3.8, 4) is 11.3 Å². The largest absolute Gasteiger partial charge is 0.372 e. The lowest BCUT2D eigenvalue weighted by Crippen LogP contribution is -2.45. The zero-order valence-corrected chi connectivity index (χ0v) is 17.7. The number of aromatic nitrogens is 4. The summed E-state index contributed by atoms with van der Waals surface area (Å²) in [5.41, 5.74) is 4.31. The number of amides is 1. The molecule has 0 radical (unpaired) electrons. The minimum atomic E-state index is -0.272. The summed E-state index contributed by atoms with van der Waals surface area (Å²) in [7, 11) is 1.85. The second kappa shape index (κ2) is 8.23. The molecule has 2 atom stereocenters. The van der Waals surface area contributed by atoms with Crippen LogP contribution in [0.1, 0.15) is 30.0 Å². The summed E-state index contributed by atoms with van der Waals surface area (Å²) in [4.78, 5) is 24.1. The fraction of sp³-hybridized carbons (Fsp3) is 0.364. The zero-order chi connectivity index (χ0) is 21.3. The third-order valence-corrected chi connectivity index (χ3v) is 5.09. The van der Waals surface area contributed by atoms with E-state index in [0.29, 0.717) is 17.1 Å². The highest BCUT2D eigenvalue weighted by Crippen LogP contribution is 2.25. The normalized spacial score (nSPS) is 19.0. The third-order valence-electron chi connectivity index (χ3n) is 5.09. The number of carbonyl (C=O) groups is 1. The van der Waals surface area contributed by atoms with Crippen molar-refractivity contribution in [1.82, 2.24) is 19.7 Å². The first kappa shape index (κ1) is 20.0. The maximum absolute atomic E-state index is 12.9. The molecule has 1 saturated heterocycles. The van der Waals surface area contributed by atoms with Crippen LogP contribution in [0.15, 0.2) is 42.9 Å². The van der Waals surface area contributed by atoms with Gasteiger partial charge in [-0.05, 0) is 39.0 Å². The number of morpholine rings is 1. The van der Waals surface area contributed by atoms with Gasteiger partial charge in [0.05, 0.1) is 47.4 Å². The van der Waals surface area contributed by atoms with Crippen LogP contribution in [-0.2, 0) is 11.8 Å². The van der Waals surface area contributed by atoms with Crippen LogP contribution in [0.2, 0.25) is 0 Å². The number of hydrogen-bond acceptors (Lipinski definition) is 6. The fourth-order valence-electron chi connectivity index (χ4n) is 3.67. The Bertz CT molecular complexity index is 1050. The average Bonchev–Trinajstić information content (AvgIpc) is 3.15. The molecule has 1 aliphatic heterocycles. The van der Waals surface area contributed by atoms with Crippen molar-refractivity contribution in [2.24, 2.45) is 7.05 Å². The quantitative estimate of drug-likeness (QED) is 0.717. The number of nitrogens with one attached hydrogen (secondary N) is 1. The van der Waals surface area contributed by atoms with Crippen molar-refractivity contribution in [2.45, 2.75) is 33.0 Å². The molecule has 0 saturated carbocycles. The number of carbonyl (C=O) groups excluding carboxylic acids is 1. The second-order valence-corrected chi connectivity index (χ2v) is 7.75. The Morgan fingerprint density at radius 1 is 1.20 bits per heavy atom. The molecule has 4 heterocycles. The van der Waals surface area contributed by atoms with Gasteiger partial charge in [-0.1, -0.05) is 6.07 Å². The van der Waals surface area contributed by atoms with Crippen molar-refractivity contribution in [1.29, 1.82) is 0 Å². The molecule has 1 N–H and O–H groups in total. The number of aryl methyl sites for hydroxylation is 2. The van der Waals surface area contributed by atoms with Crippen LogP contribution < -0.4 is 10.2 Å². The summed E-state index contributed by atoms with van der Waals surface area (Å²) < 4.78 is 7.52. The Kier molecular flexibility index (Phi) is 5.50. The van der Waals surface area contributed by atoms with E-state index >= 15 is 0 Å². The molecular formula is C22H26N6O2. The molecule has 0 unspecified atom stereocenters. The maximum Gasteiger partial charge on any atom is 0.274 e.